The second-order valence-electron chi connectivity index (χ2n) is 3.20. The van der Waals surface area contributed by atoms with Crippen LogP contribution in [0.3, 0.4) is 0 Å². The summed E-state index contributed by atoms with van der Waals surface area (Å²) < 4.78 is 0. The molecule has 5 heteroatoms. The first-order valence-corrected chi connectivity index (χ1v) is 4.50. The molecule has 0 spiro atoms. The van der Waals surface area contributed by atoms with Crippen molar-refractivity contribution >= 4 is 11.6 Å². The molecule has 0 saturated carbocycles. The van der Waals surface area contributed by atoms with Gasteiger partial charge in [-0.2, -0.15) is 0 Å². The van der Waals surface area contributed by atoms with Crippen molar-refractivity contribution in [2.24, 2.45) is 4.99 Å². The minimum absolute atomic E-state index is 0.132. The number of rotatable bonds is 1. The Morgan fingerprint density at radius 3 is 3.14 bits per heavy atom. The van der Waals surface area contributed by atoms with Crippen LogP contribution in [0.25, 0.3) is 0 Å². The highest BCUT2D eigenvalue weighted by Gasteiger charge is 2.06. The molecule has 1 aliphatic rings. The van der Waals surface area contributed by atoms with Gasteiger partial charge in [0.1, 0.15) is 5.69 Å². The topological polar surface area (TPSA) is 69.3 Å². The van der Waals surface area contributed by atoms with Crippen LogP contribution in [-0.4, -0.2) is 24.0 Å². The lowest BCUT2D eigenvalue weighted by atomic mass is 10.3. The molecule has 0 aromatic carbocycles. The maximum Gasteiger partial charge on any atom is 0.271 e. The Morgan fingerprint density at radius 1 is 1.57 bits per heavy atom. The first-order chi connectivity index (χ1) is 6.75. The molecule has 0 atom stereocenters. The van der Waals surface area contributed by atoms with E-state index in [2.05, 4.69) is 20.6 Å². The zero-order valence-corrected chi connectivity index (χ0v) is 7.92. The molecule has 0 unspecified atom stereocenters. The van der Waals surface area contributed by atoms with Crippen molar-refractivity contribution < 1.29 is 0 Å². The summed E-state index contributed by atoms with van der Waals surface area (Å²) in [6.07, 6.45) is 1.68. The molecule has 0 bridgehead atoms. The Morgan fingerprint density at radius 2 is 2.43 bits per heavy atom. The number of aliphatic imine (C=N–C) groups is 1. The van der Waals surface area contributed by atoms with Gasteiger partial charge in [-0.15, -0.1) is 0 Å². The number of nitrogens with zero attached hydrogens (tertiary/aromatic N) is 1. The Labute approximate surface area is 81.3 Å². The molecule has 1 aliphatic heterocycles. The molecule has 0 saturated heterocycles. The van der Waals surface area contributed by atoms with Gasteiger partial charge in [0.15, 0.2) is 5.96 Å². The van der Waals surface area contributed by atoms with E-state index in [1.807, 2.05) is 6.92 Å². The molecule has 0 amide bonds. The molecule has 0 fully saturated rings. The molecule has 74 valence electrons. The summed E-state index contributed by atoms with van der Waals surface area (Å²) in [6.45, 7) is 3.50. The van der Waals surface area contributed by atoms with Gasteiger partial charge in [0.2, 0.25) is 0 Å². The number of nitrogens with one attached hydrogen (secondary N) is 3. The second-order valence-corrected chi connectivity index (χ2v) is 3.20. The molecular formula is C9H12N4O. The molecule has 2 heterocycles. The summed E-state index contributed by atoms with van der Waals surface area (Å²) in [5.41, 5.74) is 1.40. The fourth-order valence-electron chi connectivity index (χ4n) is 1.29. The van der Waals surface area contributed by atoms with Gasteiger partial charge in [-0.05, 0) is 18.6 Å². The number of aryl methyl sites for hydroxylation is 1. The molecule has 2 rings (SSSR count). The summed E-state index contributed by atoms with van der Waals surface area (Å²) in [5, 5.41) is 5.98. The van der Waals surface area contributed by atoms with Crippen LogP contribution in [0.2, 0.25) is 0 Å². The van der Waals surface area contributed by atoms with Crippen LogP contribution in [0.5, 0.6) is 0 Å². The van der Waals surface area contributed by atoms with Crippen LogP contribution in [0, 0.1) is 6.92 Å². The van der Waals surface area contributed by atoms with Crippen molar-refractivity contribution in [1.82, 2.24) is 10.3 Å². The standard InChI is InChI=1S/C9H12N4O/c1-6-4-7(8(14)12-5-6)13-9-10-2-3-11-9/h4-5H,2-3H2,1H3,(H,12,14)(H2,10,11,13). The third kappa shape index (κ3) is 1.76. The molecule has 5 nitrogen and oxygen atoms in total. The highest BCUT2D eigenvalue weighted by molar-refractivity contribution is 5.94. The van der Waals surface area contributed by atoms with Gasteiger partial charge in [0.25, 0.3) is 5.56 Å². The number of H-pyrrole nitrogens is 1. The van der Waals surface area contributed by atoms with Gasteiger partial charge in [-0.25, -0.2) is 0 Å². The fourth-order valence-corrected chi connectivity index (χ4v) is 1.29. The first kappa shape index (κ1) is 8.80. The summed E-state index contributed by atoms with van der Waals surface area (Å²) in [7, 11) is 0. The van der Waals surface area contributed by atoms with Crippen LogP contribution in [0.1, 0.15) is 5.56 Å². The van der Waals surface area contributed by atoms with Crippen LogP contribution < -0.4 is 16.2 Å². The number of aromatic amines is 1. The Kier molecular flexibility index (Phi) is 2.22. The van der Waals surface area contributed by atoms with Crippen molar-refractivity contribution in [1.29, 1.82) is 0 Å². The van der Waals surface area contributed by atoms with Gasteiger partial charge in [0, 0.05) is 12.7 Å². The smallest absolute Gasteiger partial charge is 0.271 e. The number of pyridine rings is 1. The maximum absolute atomic E-state index is 11.4. The van der Waals surface area contributed by atoms with E-state index in [9.17, 15) is 4.79 Å². The van der Waals surface area contributed by atoms with E-state index in [1.165, 1.54) is 0 Å². The predicted molar refractivity (Wildman–Crippen MR) is 55.7 cm³/mol. The van der Waals surface area contributed by atoms with E-state index in [0.717, 1.165) is 18.7 Å². The molecule has 1 aromatic rings. The van der Waals surface area contributed by atoms with Crippen LogP contribution in [0.4, 0.5) is 5.69 Å². The highest BCUT2D eigenvalue weighted by atomic mass is 16.1. The SMILES string of the molecule is Cc1c[nH]c(=O)c(NC2=NCCN2)c1. The Balaban J connectivity index is 2.23. The van der Waals surface area contributed by atoms with Crippen LogP contribution in [-0.2, 0) is 0 Å². The number of aromatic nitrogens is 1. The summed E-state index contributed by atoms with van der Waals surface area (Å²) in [6, 6.07) is 1.79. The lowest BCUT2D eigenvalue weighted by molar-refractivity contribution is 0.959. The van der Waals surface area contributed by atoms with E-state index in [4.69, 9.17) is 0 Å². The third-order valence-electron chi connectivity index (χ3n) is 1.97. The summed E-state index contributed by atoms with van der Waals surface area (Å²) >= 11 is 0. The maximum atomic E-state index is 11.4. The van der Waals surface area contributed by atoms with E-state index in [0.29, 0.717) is 11.6 Å². The van der Waals surface area contributed by atoms with Crippen molar-refractivity contribution in [2.75, 3.05) is 18.4 Å². The molecule has 14 heavy (non-hydrogen) atoms. The second kappa shape index (κ2) is 3.53. The van der Waals surface area contributed by atoms with Crippen molar-refractivity contribution in [3.05, 3.63) is 28.2 Å². The zero-order chi connectivity index (χ0) is 9.97. The third-order valence-corrected chi connectivity index (χ3v) is 1.97. The Bertz CT molecular complexity index is 421. The van der Waals surface area contributed by atoms with Crippen molar-refractivity contribution in [3.8, 4) is 0 Å². The first-order valence-electron chi connectivity index (χ1n) is 4.50. The number of guanidine groups is 1. The van der Waals surface area contributed by atoms with Gasteiger partial charge in [-0.1, -0.05) is 0 Å². The molecule has 3 N–H and O–H groups in total. The van der Waals surface area contributed by atoms with E-state index in [1.54, 1.807) is 12.3 Å². The lowest BCUT2D eigenvalue weighted by Gasteiger charge is -2.05. The highest BCUT2D eigenvalue weighted by Crippen LogP contribution is 2.02. The number of hydrogen-bond donors (Lipinski definition) is 3. The predicted octanol–water partition coefficient (Wildman–Crippen LogP) is 0.0544. The molecule has 0 radical (unpaired) electrons. The van der Waals surface area contributed by atoms with Crippen molar-refractivity contribution in [2.45, 2.75) is 6.92 Å². The lowest BCUT2D eigenvalue weighted by Crippen LogP contribution is -2.29. The zero-order valence-electron chi connectivity index (χ0n) is 7.92. The minimum atomic E-state index is -0.132. The normalized spacial score (nSPS) is 14.8. The van der Waals surface area contributed by atoms with E-state index in [-0.39, 0.29) is 5.56 Å². The van der Waals surface area contributed by atoms with Crippen LogP contribution >= 0.6 is 0 Å². The molecular weight excluding hydrogens is 180 g/mol. The van der Waals surface area contributed by atoms with Gasteiger partial charge in [0.05, 0.1) is 6.54 Å². The molecule has 0 aliphatic carbocycles. The largest absolute Gasteiger partial charge is 0.354 e. The molecule has 1 aromatic heterocycles. The number of hydrogen-bond acceptors (Lipinski definition) is 4. The van der Waals surface area contributed by atoms with Crippen LogP contribution in [0.15, 0.2) is 22.1 Å². The number of anilines is 1. The van der Waals surface area contributed by atoms with Gasteiger partial charge >= 0.3 is 0 Å². The van der Waals surface area contributed by atoms with Crippen molar-refractivity contribution in [3.63, 3.8) is 0 Å². The average molecular weight is 192 g/mol. The van der Waals surface area contributed by atoms with E-state index < -0.39 is 0 Å². The van der Waals surface area contributed by atoms with E-state index >= 15 is 0 Å². The fraction of sp³-hybridized carbons (Fsp3) is 0.333. The van der Waals surface area contributed by atoms with Gasteiger partial charge in [-0.3, -0.25) is 9.79 Å². The minimum Gasteiger partial charge on any atom is -0.354 e. The average Bonchev–Trinajstić information content (AvgIpc) is 2.64. The monoisotopic (exact) mass is 192 g/mol. The summed E-state index contributed by atoms with van der Waals surface area (Å²) in [5.74, 6) is 0.668. The quantitative estimate of drug-likeness (QED) is 0.589. The summed E-state index contributed by atoms with van der Waals surface area (Å²) in [4.78, 5) is 18.1. The van der Waals surface area contributed by atoms with Gasteiger partial charge < -0.3 is 15.6 Å². The Hall–Kier alpha value is -1.78.